The predicted molar refractivity (Wildman–Crippen MR) is 121 cm³/mol. The minimum absolute atomic E-state index is 0.0533. The van der Waals surface area contributed by atoms with Crippen molar-refractivity contribution in [3.05, 3.63) is 59.6 Å². The number of amidine groups is 1. The zero-order valence-electron chi connectivity index (χ0n) is 18.2. The number of carbonyl (C=O) groups is 1. The highest BCUT2D eigenvalue weighted by molar-refractivity contribution is 7.90. The number of benzene rings is 1. The number of nitrogens with zero attached hydrogens (tertiary/aromatic N) is 6. The normalized spacial score (nSPS) is 20.3. The SMILES string of the molecule is Cc1ccc(-c2noc(CN3CCN(C(=O)C4=CC=CN5CCS(=O)(=O)N=C45)CC3)n2)cc1. The van der Waals surface area contributed by atoms with Crippen LogP contribution in [-0.2, 0) is 21.4 Å². The van der Waals surface area contributed by atoms with Crippen molar-refractivity contribution >= 4 is 21.8 Å². The van der Waals surface area contributed by atoms with Gasteiger partial charge < -0.3 is 14.3 Å². The van der Waals surface area contributed by atoms with Gasteiger partial charge in [-0.3, -0.25) is 9.69 Å². The van der Waals surface area contributed by atoms with Crippen molar-refractivity contribution in [2.24, 2.45) is 4.40 Å². The lowest BCUT2D eigenvalue weighted by Gasteiger charge is -2.36. The van der Waals surface area contributed by atoms with Crippen molar-refractivity contribution in [2.45, 2.75) is 13.5 Å². The molecule has 3 aliphatic heterocycles. The Labute approximate surface area is 191 Å². The molecular formula is C22H24N6O4S. The van der Waals surface area contributed by atoms with E-state index in [1.165, 1.54) is 5.56 Å². The molecule has 172 valence electrons. The fourth-order valence-corrected chi connectivity index (χ4v) is 4.98. The molecule has 10 nitrogen and oxygen atoms in total. The third-order valence-electron chi connectivity index (χ3n) is 5.88. The van der Waals surface area contributed by atoms with Crippen LogP contribution in [0.3, 0.4) is 0 Å². The summed E-state index contributed by atoms with van der Waals surface area (Å²) in [5.41, 5.74) is 2.39. The summed E-state index contributed by atoms with van der Waals surface area (Å²) in [5.74, 6) is 1.04. The number of sulfonamides is 1. The van der Waals surface area contributed by atoms with Crippen molar-refractivity contribution < 1.29 is 17.7 Å². The van der Waals surface area contributed by atoms with Crippen LogP contribution in [0, 0.1) is 6.92 Å². The number of aryl methyl sites for hydroxylation is 1. The van der Waals surface area contributed by atoms with Gasteiger partial charge in [0, 0.05) is 44.5 Å². The zero-order chi connectivity index (χ0) is 23.0. The van der Waals surface area contributed by atoms with Gasteiger partial charge in [-0.25, -0.2) is 8.42 Å². The van der Waals surface area contributed by atoms with Gasteiger partial charge in [0.15, 0.2) is 5.84 Å². The largest absolute Gasteiger partial charge is 0.338 e. The van der Waals surface area contributed by atoms with E-state index in [9.17, 15) is 13.2 Å². The van der Waals surface area contributed by atoms with Gasteiger partial charge in [0.05, 0.1) is 17.9 Å². The molecule has 1 fully saturated rings. The van der Waals surface area contributed by atoms with Gasteiger partial charge in [-0.05, 0) is 19.1 Å². The maximum Gasteiger partial charge on any atom is 0.257 e. The number of rotatable bonds is 4. The summed E-state index contributed by atoms with van der Waals surface area (Å²) in [6, 6.07) is 7.94. The molecule has 1 saturated heterocycles. The van der Waals surface area contributed by atoms with E-state index in [1.807, 2.05) is 31.2 Å². The number of hydrogen-bond donors (Lipinski definition) is 0. The van der Waals surface area contributed by atoms with Crippen LogP contribution < -0.4 is 0 Å². The third kappa shape index (κ3) is 4.60. The van der Waals surface area contributed by atoms with E-state index >= 15 is 0 Å². The first kappa shape index (κ1) is 21.5. The lowest BCUT2D eigenvalue weighted by molar-refractivity contribution is -0.128. The van der Waals surface area contributed by atoms with Crippen molar-refractivity contribution in [3.8, 4) is 11.4 Å². The molecule has 0 spiro atoms. The van der Waals surface area contributed by atoms with Gasteiger partial charge in [0.25, 0.3) is 15.9 Å². The average Bonchev–Trinajstić information content (AvgIpc) is 3.27. The van der Waals surface area contributed by atoms with Crippen molar-refractivity contribution in [2.75, 3.05) is 38.5 Å². The standard InChI is InChI=1S/C22H24N6O4S/c1-16-4-6-17(7-5-16)20-23-19(32-24-20)15-26-9-11-28(12-10-26)22(29)18-3-2-8-27-13-14-33(30,31)25-21(18)27/h2-8H,9-15H2,1H3. The van der Waals surface area contributed by atoms with E-state index in [-0.39, 0.29) is 17.5 Å². The molecule has 0 saturated carbocycles. The second-order valence-electron chi connectivity index (χ2n) is 8.26. The summed E-state index contributed by atoms with van der Waals surface area (Å²) in [4.78, 5) is 23.2. The molecule has 0 unspecified atom stereocenters. The summed E-state index contributed by atoms with van der Waals surface area (Å²) >= 11 is 0. The number of aromatic nitrogens is 2. The van der Waals surface area contributed by atoms with E-state index in [0.717, 1.165) is 5.56 Å². The molecule has 3 aliphatic rings. The Hall–Kier alpha value is -3.31. The molecule has 1 amide bonds. The summed E-state index contributed by atoms with van der Waals surface area (Å²) in [7, 11) is -3.54. The topological polar surface area (TPSA) is 112 Å². The fraction of sp³-hybridized carbons (Fsp3) is 0.364. The summed E-state index contributed by atoms with van der Waals surface area (Å²) < 4.78 is 33.2. The molecule has 0 bridgehead atoms. The van der Waals surface area contributed by atoms with Gasteiger partial charge in [0.2, 0.25) is 11.7 Å². The Balaban J connectivity index is 1.20. The predicted octanol–water partition coefficient (Wildman–Crippen LogP) is 1.19. The van der Waals surface area contributed by atoms with Crippen LogP contribution in [-0.4, -0.2) is 83.5 Å². The first-order valence-corrected chi connectivity index (χ1v) is 12.4. The second-order valence-corrected chi connectivity index (χ2v) is 10.0. The number of carbonyl (C=O) groups excluding carboxylic acids is 1. The molecule has 11 heteroatoms. The molecule has 0 aliphatic carbocycles. The number of allylic oxidation sites excluding steroid dienone is 2. The lowest BCUT2D eigenvalue weighted by atomic mass is 10.1. The van der Waals surface area contributed by atoms with Crippen molar-refractivity contribution in [1.82, 2.24) is 24.8 Å². The van der Waals surface area contributed by atoms with E-state index < -0.39 is 10.0 Å². The molecule has 0 radical (unpaired) electrons. The van der Waals surface area contributed by atoms with Crippen LogP contribution in [0.25, 0.3) is 11.4 Å². The Kier molecular flexibility index (Phi) is 5.59. The highest BCUT2D eigenvalue weighted by atomic mass is 32.2. The molecule has 1 aromatic carbocycles. The minimum Gasteiger partial charge on any atom is -0.338 e. The van der Waals surface area contributed by atoms with Crippen LogP contribution >= 0.6 is 0 Å². The Morgan fingerprint density at radius 2 is 1.85 bits per heavy atom. The first-order valence-electron chi connectivity index (χ1n) is 10.8. The quantitative estimate of drug-likeness (QED) is 0.658. The lowest BCUT2D eigenvalue weighted by Crippen LogP contribution is -2.50. The third-order valence-corrected chi connectivity index (χ3v) is 7.03. The summed E-state index contributed by atoms with van der Waals surface area (Å²) in [6.07, 6.45) is 5.13. The van der Waals surface area contributed by atoms with Crippen LogP contribution in [0.2, 0.25) is 0 Å². The Morgan fingerprint density at radius 1 is 1.09 bits per heavy atom. The van der Waals surface area contributed by atoms with Gasteiger partial charge in [-0.2, -0.15) is 4.98 Å². The number of hydrogen-bond acceptors (Lipinski definition) is 8. The molecule has 0 atom stereocenters. The monoisotopic (exact) mass is 468 g/mol. The van der Waals surface area contributed by atoms with E-state index in [4.69, 9.17) is 4.52 Å². The molecule has 0 N–H and O–H groups in total. The van der Waals surface area contributed by atoms with E-state index in [0.29, 0.717) is 56.6 Å². The minimum atomic E-state index is -3.54. The van der Waals surface area contributed by atoms with Crippen LogP contribution in [0.5, 0.6) is 0 Å². The average molecular weight is 469 g/mol. The highest BCUT2D eigenvalue weighted by Crippen LogP contribution is 2.21. The van der Waals surface area contributed by atoms with Gasteiger partial charge in [-0.15, -0.1) is 4.40 Å². The Morgan fingerprint density at radius 3 is 2.61 bits per heavy atom. The van der Waals surface area contributed by atoms with Gasteiger partial charge in [-0.1, -0.05) is 35.0 Å². The molecule has 1 aromatic heterocycles. The Bertz CT molecular complexity index is 1250. The fourth-order valence-electron chi connectivity index (χ4n) is 3.99. The molecule has 33 heavy (non-hydrogen) atoms. The van der Waals surface area contributed by atoms with Gasteiger partial charge >= 0.3 is 0 Å². The number of fused-ring (bicyclic) bond motifs is 1. The van der Waals surface area contributed by atoms with Crippen molar-refractivity contribution in [3.63, 3.8) is 0 Å². The maximum atomic E-state index is 13.1. The smallest absolute Gasteiger partial charge is 0.257 e. The maximum absolute atomic E-state index is 13.1. The second kappa shape index (κ2) is 8.56. The number of piperazine rings is 1. The highest BCUT2D eigenvalue weighted by Gasteiger charge is 2.33. The van der Waals surface area contributed by atoms with Crippen LogP contribution in [0.15, 0.2) is 57.1 Å². The van der Waals surface area contributed by atoms with Crippen LogP contribution in [0.1, 0.15) is 11.5 Å². The molecule has 5 rings (SSSR count). The molecule has 2 aromatic rings. The van der Waals surface area contributed by atoms with Crippen LogP contribution in [0.4, 0.5) is 0 Å². The zero-order valence-corrected chi connectivity index (χ0v) is 19.0. The number of amides is 1. The van der Waals surface area contributed by atoms with E-state index in [2.05, 4.69) is 19.4 Å². The first-order chi connectivity index (χ1) is 15.9. The molecular weight excluding hydrogens is 444 g/mol. The van der Waals surface area contributed by atoms with Crippen molar-refractivity contribution in [1.29, 1.82) is 0 Å². The molecule has 4 heterocycles. The van der Waals surface area contributed by atoms with Gasteiger partial charge in [0.1, 0.15) is 0 Å². The summed E-state index contributed by atoms with van der Waals surface area (Å²) in [6.45, 7) is 5.14. The van der Waals surface area contributed by atoms with E-state index in [1.54, 1.807) is 28.2 Å². The summed E-state index contributed by atoms with van der Waals surface area (Å²) in [5, 5.41) is 4.08.